The molecule has 78 valence electrons. The highest BCUT2D eigenvalue weighted by Crippen LogP contribution is 2.03. The van der Waals surface area contributed by atoms with E-state index in [2.05, 4.69) is 5.32 Å². The molecule has 0 radical (unpaired) electrons. The molecule has 0 aromatic heterocycles. The van der Waals surface area contributed by atoms with Gasteiger partial charge in [0.2, 0.25) is 5.91 Å². The van der Waals surface area contributed by atoms with Crippen LogP contribution < -0.4 is 11.1 Å². The maximum absolute atomic E-state index is 11.5. The van der Waals surface area contributed by atoms with Crippen LogP contribution in [0.3, 0.4) is 0 Å². The summed E-state index contributed by atoms with van der Waals surface area (Å²) in [6, 6.07) is -0.0946. The number of amides is 1. The van der Waals surface area contributed by atoms with Crippen molar-refractivity contribution in [3.05, 3.63) is 0 Å². The summed E-state index contributed by atoms with van der Waals surface area (Å²) in [4.78, 5) is 13.3. The van der Waals surface area contributed by atoms with E-state index in [1.54, 1.807) is 6.92 Å². The first kappa shape index (κ1) is 12.7. The van der Waals surface area contributed by atoms with Gasteiger partial charge in [0, 0.05) is 25.7 Å². The summed E-state index contributed by atoms with van der Waals surface area (Å²) in [6.07, 6.45) is 0. The third-order valence-corrected chi connectivity index (χ3v) is 2.17. The van der Waals surface area contributed by atoms with Crippen LogP contribution in [-0.2, 0) is 4.79 Å². The van der Waals surface area contributed by atoms with E-state index in [4.69, 9.17) is 5.73 Å². The molecular weight excluding hydrogens is 190 g/mol. The molecule has 1 aliphatic rings. The van der Waals surface area contributed by atoms with Gasteiger partial charge in [0.1, 0.15) is 0 Å². The molecule has 1 saturated heterocycles. The molecule has 0 bridgehead atoms. The quantitative estimate of drug-likeness (QED) is 0.614. The van der Waals surface area contributed by atoms with Crippen LogP contribution in [0.25, 0.3) is 0 Å². The zero-order valence-electron chi connectivity index (χ0n) is 8.12. The maximum atomic E-state index is 11.5. The number of halogens is 1. The summed E-state index contributed by atoms with van der Waals surface area (Å²) in [7, 11) is 0. The van der Waals surface area contributed by atoms with Crippen LogP contribution in [0.1, 0.15) is 13.8 Å². The van der Waals surface area contributed by atoms with Crippen LogP contribution in [0.15, 0.2) is 0 Å². The van der Waals surface area contributed by atoms with Crippen molar-refractivity contribution in [1.82, 2.24) is 10.2 Å². The third kappa shape index (κ3) is 3.14. The van der Waals surface area contributed by atoms with Gasteiger partial charge >= 0.3 is 0 Å². The van der Waals surface area contributed by atoms with Crippen molar-refractivity contribution < 1.29 is 4.79 Å². The topological polar surface area (TPSA) is 58.4 Å². The van der Waals surface area contributed by atoms with Crippen molar-refractivity contribution in [3.8, 4) is 0 Å². The van der Waals surface area contributed by atoms with Crippen LogP contribution >= 0.6 is 12.4 Å². The highest BCUT2D eigenvalue weighted by molar-refractivity contribution is 5.85. The molecule has 0 aliphatic carbocycles. The zero-order valence-corrected chi connectivity index (χ0v) is 8.93. The van der Waals surface area contributed by atoms with Crippen molar-refractivity contribution in [2.24, 2.45) is 5.73 Å². The maximum Gasteiger partial charge on any atom is 0.239 e. The Morgan fingerprint density at radius 1 is 1.69 bits per heavy atom. The Bertz CT molecular complexity index is 175. The summed E-state index contributed by atoms with van der Waals surface area (Å²) < 4.78 is 0. The lowest BCUT2D eigenvalue weighted by molar-refractivity contribution is -0.134. The summed E-state index contributed by atoms with van der Waals surface area (Å²) in [5, 5.41) is 3.22. The number of nitrogens with one attached hydrogen (secondary N) is 1. The number of nitrogens with two attached hydrogens (primary N) is 1. The molecule has 1 heterocycles. The molecule has 0 spiro atoms. The summed E-state index contributed by atoms with van der Waals surface area (Å²) in [5.74, 6) is 0.0593. The van der Waals surface area contributed by atoms with Crippen LogP contribution in [0.2, 0.25) is 0 Å². The Morgan fingerprint density at radius 3 is 2.77 bits per heavy atom. The van der Waals surface area contributed by atoms with Gasteiger partial charge in [-0.2, -0.15) is 0 Å². The van der Waals surface area contributed by atoms with E-state index in [1.165, 1.54) is 0 Å². The minimum Gasteiger partial charge on any atom is -0.336 e. The van der Waals surface area contributed by atoms with E-state index in [0.29, 0.717) is 0 Å². The molecule has 1 rings (SSSR count). The number of hydrogen-bond donors (Lipinski definition) is 2. The Hall–Kier alpha value is -0.320. The fraction of sp³-hybridized carbons (Fsp3) is 0.875. The van der Waals surface area contributed by atoms with E-state index in [-0.39, 0.29) is 30.4 Å². The van der Waals surface area contributed by atoms with Crippen LogP contribution in [0.4, 0.5) is 0 Å². The van der Waals surface area contributed by atoms with E-state index in [9.17, 15) is 4.79 Å². The van der Waals surface area contributed by atoms with Crippen molar-refractivity contribution in [3.63, 3.8) is 0 Å². The Balaban J connectivity index is 0.00000144. The number of rotatable bonds is 1. The monoisotopic (exact) mass is 207 g/mol. The van der Waals surface area contributed by atoms with E-state index in [1.807, 2.05) is 11.8 Å². The molecule has 0 unspecified atom stereocenters. The summed E-state index contributed by atoms with van der Waals surface area (Å²) in [5.41, 5.74) is 5.52. The van der Waals surface area contributed by atoms with Crippen molar-refractivity contribution in [2.45, 2.75) is 25.9 Å². The third-order valence-electron chi connectivity index (χ3n) is 2.17. The van der Waals surface area contributed by atoms with Gasteiger partial charge in [0.15, 0.2) is 0 Å². The average Bonchev–Trinajstić information content (AvgIpc) is 2.04. The number of carbonyl (C=O) groups excluding carboxylic acids is 1. The van der Waals surface area contributed by atoms with Crippen molar-refractivity contribution in [1.29, 1.82) is 0 Å². The van der Waals surface area contributed by atoms with E-state index < -0.39 is 0 Å². The molecule has 3 N–H and O–H groups in total. The second-order valence-corrected chi connectivity index (χ2v) is 3.37. The van der Waals surface area contributed by atoms with Gasteiger partial charge in [-0.15, -0.1) is 12.4 Å². The second-order valence-electron chi connectivity index (χ2n) is 3.37. The standard InChI is InChI=1S/C8H17N3O.ClH/c1-6-5-10-3-4-11(6)8(12)7(2)9;/h6-7,10H,3-5,9H2,1-2H3;1H/t6-,7-;/m0./s1. The summed E-state index contributed by atoms with van der Waals surface area (Å²) >= 11 is 0. The number of piperazine rings is 1. The SMILES string of the molecule is C[C@H](N)C(=O)N1CCNC[C@@H]1C.Cl. The fourth-order valence-electron chi connectivity index (χ4n) is 1.43. The highest BCUT2D eigenvalue weighted by atomic mass is 35.5. The Labute approximate surface area is 85.3 Å². The Kier molecular flexibility index (Phi) is 5.29. The molecule has 1 aliphatic heterocycles. The number of carbonyl (C=O) groups is 1. The van der Waals surface area contributed by atoms with Gasteiger partial charge < -0.3 is 16.0 Å². The van der Waals surface area contributed by atoms with E-state index >= 15 is 0 Å². The lowest BCUT2D eigenvalue weighted by atomic mass is 10.2. The minimum absolute atomic E-state index is 0. The van der Waals surface area contributed by atoms with Gasteiger partial charge in [-0.1, -0.05) is 0 Å². The molecular formula is C8H18ClN3O. The average molecular weight is 208 g/mol. The predicted molar refractivity (Wildman–Crippen MR) is 54.9 cm³/mol. The molecule has 13 heavy (non-hydrogen) atoms. The predicted octanol–water partition coefficient (Wildman–Crippen LogP) is -0.424. The van der Waals surface area contributed by atoms with Gasteiger partial charge in [-0.25, -0.2) is 0 Å². The second kappa shape index (κ2) is 5.42. The molecule has 2 atom stereocenters. The molecule has 4 nitrogen and oxygen atoms in total. The van der Waals surface area contributed by atoms with E-state index in [0.717, 1.165) is 19.6 Å². The molecule has 0 aromatic rings. The zero-order chi connectivity index (χ0) is 9.14. The van der Waals surface area contributed by atoms with Gasteiger partial charge in [0.25, 0.3) is 0 Å². The van der Waals surface area contributed by atoms with Crippen LogP contribution in [0, 0.1) is 0 Å². The molecule has 1 fully saturated rings. The van der Waals surface area contributed by atoms with Gasteiger partial charge in [-0.05, 0) is 13.8 Å². The normalized spacial score (nSPS) is 24.8. The molecule has 0 aromatic carbocycles. The number of hydrogen-bond acceptors (Lipinski definition) is 3. The highest BCUT2D eigenvalue weighted by Gasteiger charge is 2.24. The molecule has 5 heteroatoms. The summed E-state index contributed by atoms with van der Waals surface area (Å²) in [6.45, 7) is 6.30. The molecule has 0 saturated carbocycles. The van der Waals surface area contributed by atoms with Crippen molar-refractivity contribution >= 4 is 18.3 Å². The number of nitrogens with zero attached hydrogens (tertiary/aromatic N) is 1. The first-order chi connectivity index (χ1) is 5.63. The van der Waals surface area contributed by atoms with Crippen LogP contribution in [0.5, 0.6) is 0 Å². The lowest BCUT2D eigenvalue weighted by Gasteiger charge is -2.34. The van der Waals surface area contributed by atoms with Gasteiger partial charge in [0.05, 0.1) is 6.04 Å². The minimum atomic E-state index is -0.370. The van der Waals surface area contributed by atoms with Crippen molar-refractivity contribution in [2.75, 3.05) is 19.6 Å². The van der Waals surface area contributed by atoms with Crippen LogP contribution in [-0.4, -0.2) is 42.5 Å². The lowest BCUT2D eigenvalue weighted by Crippen LogP contribution is -2.55. The van der Waals surface area contributed by atoms with Gasteiger partial charge in [-0.3, -0.25) is 4.79 Å². The first-order valence-electron chi connectivity index (χ1n) is 4.39. The fourth-order valence-corrected chi connectivity index (χ4v) is 1.43. The smallest absolute Gasteiger partial charge is 0.239 e. The Morgan fingerprint density at radius 2 is 2.31 bits per heavy atom. The first-order valence-corrected chi connectivity index (χ1v) is 4.39. The molecule has 1 amide bonds. The largest absolute Gasteiger partial charge is 0.336 e.